The quantitative estimate of drug-likeness (QED) is 0.375. The van der Waals surface area contributed by atoms with Gasteiger partial charge in [0.05, 0.1) is 21.0 Å². The highest BCUT2D eigenvalue weighted by molar-refractivity contribution is 6.33. The Morgan fingerprint density at radius 2 is 1.82 bits per heavy atom. The molecule has 1 heterocycles. The fourth-order valence-corrected chi connectivity index (χ4v) is 3.12. The summed E-state index contributed by atoms with van der Waals surface area (Å²) in [5.41, 5.74) is 2.42. The monoisotopic (exact) mass is 392 g/mol. The molecule has 1 aromatic heterocycles. The maximum absolute atomic E-state index is 12.5. The number of amides is 1. The number of H-pyrrole nitrogens is 1. The number of anilines is 1. The maximum atomic E-state index is 12.5. The Morgan fingerprint density at radius 1 is 1.07 bits per heavy atom. The van der Waals surface area contributed by atoms with E-state index in [0.29, 0.717) is 27.6 Å². The van der Waals surface area contributed by atoms with Gasteiger partial charge in [0.1, 0.15) is 11.4 Å². The van der Waals surface area contributed by atoms with Crippen LogP contribution in [0, 0.1) is 10.1 Å². The number of halogens is 1. The SMILES string of the molecule is O=C(Nc1ccc2nc(-c3ccccc3Cl)[nH]c2c1)c1ccccc1[N+](=O)[O-]. The number of nitrogens with zero attached hydrogens (tertiary/aromatic N) is 2. The van der Waals surface area contributed by atoms with Gasteiger partial charge in [0, 0.05) is 17.3 Å². The lowest BCUT2D eigenvalue weighted by Crippen LogP contribution is -2.13. The third kappa shape index (κ3) is 3.30. The molecule has 0 fully saturated rings. The third-order valence-corrected chi connectivity index (χ3v) is 4.54. The first kappa shape index (κ1) is 17.7. The van der Waals surface area contributed by atoms with E-state index >= 15 is 0 Å². The molecule has 0 radical (unpaired) electrons. The smallest absolute Gasteiger partial charge is 0.282 e. The second kappa shape index (κ2) is 7.13. The van der Waals surface area contributed by atoms with Gasteiger partial charge >= 0.3 is 0 Å². The van der Waals surface area contributed by atoms with Gasteiger partial charge in [0.15, 0.2) is 0 Å². The topological polar surface area (TPSA) is 101 Å². The van der Waals surface area contributed by atoms with Crippen LogP contribution in [0.3, 0.4) is 0 Å². The van der Waals surface area contributed by atoms with E-state index in [2.05, 4.69) is 15.3 Å². The molecule has 0 aliphatic heterocycles. The van der Waals surface area contributed by atoms with Crippen LogP contribution < -0.4 is 5.32 Å². The number of nitrogens with one attached hydrogen (secondary N) is 2. The van der Waals surface area contributed by atoms with E-state index in [1.165, 1.54) is 18.2 Å². The third-order valence-electron chi connectivity index (χ3n) is 4.21. The number of benzene rings is 3. The van der Waals surface area contributed by atoms with Crippen molar-refractivity contribution in [3.05, 3.63) is 87.4 Å². The van der Waals surface area contributed by atoms with Gasteiger partial charge in [-0.2, -0.15) is 0 Å². The molecule has 3 aromatic carbocycles. The van der Waals surface area contributed by atoms with Crippen LogP contribution in [0.25, 0.3) is 22.4 Å². The molecule has 1 amide bonds. The molecular formula is C20H13ClN4O3. The van der Waals surface area contributed by atoms with Gasteiger partial charge < -0.3 is 10.3 Å². The van der Waals surface area contributed by atoms with Crippen LogP contribution in [0.5, 0.6) is 0 Å². The van der Waals surface area contributed by atoms with E-state index < -0.39 is 10.8 Å². The second-order valence-corrected chi connectivity index (χ2v) is 6.43. The molecule has 0 aliphatic rings. The number of para-hydroxylation sites is 1. The Balaban J connectivity index is 1.65. The molecule has 0 bridgehead atoms. The van der Waals surface area contributed by atoms with Crippen molar-refractivity contribution in [2.75, 3.05) is 5.32 Å². The van der Waals surface area contributed by atoms with E-state index in [1.807, 2.05) is 18.2 Å². The van der Waals surface area contributed by atoms with Crippen LogP contribution in [0.15, 0.2) is 66.7 Å². The number of nitro groups is 1. The number of aromatic nitrogens is 2. The predicted octanol–water partition coefficient (Wildman–Crippen LogP) is 5.04. The second-order valence-electron chi connectivity index (χ2n) is 6.03. The number of imidazole rings is 1. The minimum atomic E-state index is -0.580. The van der Waals surface area contributed by atoms with Gasteiger partial charge in [0.2, 0.25) is 0 Å². The van der Waals surface area contributed by atoms with Crippen molar-refractivity contribution in [2.24, 2.45) is 0 Å². The molecule has 4 rings (SSSR count). The van der Waals surface area contributed by atoms with E-state index in [0.717, 1.165) is 5.56 Å². The largest absolute Gasteiger partial charge is 0.338 e. The van der Waals surface area contributed by atoms with E-state index in [9.17, 15) is 14.9 Å². The number of aromatic amines is 1. The van der Waals surface area contributed by atoms with Gasteiger partial charge in [-0.1, -0.05) is 35.9 Å². The van der Waals surface area contributed by atoms with Gasteiger partial charge in [0.25, 0.3) is 11.6 Å². The molecule has 0 saturated heterocycles. The van der Waals surface area contributed by atoms with Crippen LogP contribution in [-0.2, 0) is 0 Å². The van der Waals surface area contributed by atoms with E-state index in [1.54, 1.807) is 30.3 Å². The molecule has 0 saturated carbocycles. The number of hydrogen-bond acceptors (Lipinski definition) is 4. The molecule has 0 aliphatic carbocycles. The number of carbonyl (C=O) groups is 1. The molecule has 28 heavy (non-hydrogen) atoms. The summed E-state index contributed by atoms with van der Waals surface area (Å²) in [6.07, 6.45) is 0. The van der Waals surface area contributed by atoms with Crippen molar-refractivity contribution in [1.82, 2.24) is 9.97 Å². The minimum Gasteiger partial charge on any atom is -0.338 e. The highest BCUT2D eigenvalue weighted by Crippen LogP contribution is 2.28. The van der Waals surface area contributed by atoms with Crippen LogP contribution in [0.1, 0.15) is 10.4 Å². The molecular weight excluding hydrogens is 380 g/mol. The van der Waals surface area contributed by atoms with Gasteiger partial charge in [-0.15, -0.1) is 0 Å². The van der Waals surface area contributed by atoms with Crippen molar-refractivity contribution in [1.29, 1.82) is 0 Å². The summed E-state index contributed by atoms with van der Waals surface area (Å²) in [4.78, 5) is 30.7. The van der Waals surface area contributed by atoms with Crippen LogP contribution in [-0.4, -0.2) is 20.8 Å². The minimum absolute atomic E-state index is 0.00559. The zero-order valence-electron chi connectivity index (χ0n) is 14.3. The van der Waals surface area contributed by atoms with Gasteiger partial charge in [-0.05, 0) is 36.4 Å². The molecule has 8 heteroatoms. The molecule has 0 atom stereocenters. The lowest BCUT2D eigenvalue weighted by molar-refractivity contribution is -0.385. The van der Waals surface area contributed by atoms with E-state index in [-0.39, 0.29) is 11.3 Å². The standard InChI is InChI=1S/C20H13ClN4O3/c21-15-7-3-1-5-13(15)19-23-16-10-9-12(11-17(16)24-19)22-20(26)14-6-2-4-8-18(14)25(27)28/h1-11H,(H,22,26)(H,23,24). The Labute approximate surface area is 164 Å². The predicted molar refractivity (Wildman–Crippen MR) is 108 cm³/mol. The molecule has 0 spiro atoms. The van der Waals surface area contributed by atoms with Crippen LogP contribution in [0.2, 0.25) is 5.02 Å². The number of nitro benzene ring substituents is 1. The molecule has 138 valence electrons. The van der Waals surface area contributed by atoms with E-state index in [4.69, 9.17) is 11.6 Å². The first-order valence-electron chi connectivity index (χ1n) is 8.32. The maximum Gasteiger partial charge on any atom is 0.282 e. The summed E-state index contributed by atoms with van der Waals surface area (Å²) in [7, 11) is 0. The number of carbonyl (C=O) groups excluding carboxylic acids is 1. The van der Waals surface area contributed by atoms with Gasteiger partial charge in [-0.25, -0.2) is 4.98 Å². The number of rotatable bonds is 4. The molecule has 7 nitrogen and oxygen atoms in total. The summed E-state index contributed by atoms with van der Waals surface area (Å²) in [6, 6.07) is 18.3. The average molecular weight is 393 g/mol. The fraction of sp³-hybridized carbons (Fsp3) is 0. The summed E-state index contributed by atoms with van der Waals surface area (Å²) in [6.45, 7) is 0. The van der Waals surface area contributed by atoms with Crippen LogP contribution >= 0.6 is 11.6 Å². The fourth-order valence-electron chi connectivity index (χ4n) is 2.89. The Hall–Kier alpha value is -3.71. The van der Waals surface area contributed by atoms with Crippen molar-refractivity contribution in [2.45, 2.75) is 0 Å². The number of hydrogen-bond donors (Lipinski definition) is 2. The summed E-state index contributed by atoms with van der Waals surface area (Å²) < 4.78 is 0. The highest BCUT2D eigenvalue weighted by Gasteiger charge is 2.19. The van der Waals surface area contributed by atoms with Crippen molar-refractivity contribution in [3.8, 4) is 11.4 Å². The number of fused-ring (bicyclic) bond motifs is 1. The van der Waals surface area contributed by atoms with Crippen LogP contribution in [0.4, 0.5) is 11.4 Å². The summed E-state index contributed by atoms with van der Waals surface area (Å²) >= 11 is 6.22. The molecule has 2 N–H and O–H groups in total. The Bertz CT molecular complexity index is 1220. The first-order valence-corrected chi connectivity index (χ1v) is 8.70. The first-order chi connectivity index (χ1) is 13.5. The zero-order valence-corrected chi connectivity index (χ0v) is 15.1. The summed E-state index contributed by atoms with van der Waals surface area (Å²) in [5, 5.41) is 14.4. The lowest BCUT2D eigenvalue weighted by atomic mass is 10.1. The molecule has 0 unspecified atom stereocenters. The summed E-state index contributed by atoms with van der Waals surface area (Å²) in [5.74, 6) is 0.0558. The van der Waals surface area contributed by atoms with Gasteiger partial charge in [-0.3, -0.25) is 14.9 Å². The van der Waals surface area contributed by atoms with Crippen molar-refractivity contribution >= 4 is 39.9 Å². The zero-order chi connectivity index (χ0) is 19.7. The highest BCUT2D eigenvalue weighted by atomic mass is 35.5. The molecule has 4 aromatic rings. The van der Waals surface area contributed by atoms with Crippen molar-refractivity contribution in [3.63, 3.8) is 0 Å². The Kier molecular flexibility index (Phi) is 4.50. The lowest BCUT2D eigenvalue weighted by Gasteiger charge is -2.05. The average Bonchev–Trinajstić information content (AvgIpc) is 3.11. The van der Waals surface area contributed by atoms with Crippen molar-refractivity contribution < 1.29 is 9.72 Å². The Morgan fingerprint density at radius 3 is 2.61 bits per heavy atom. The normalized spacial score (nSPS) is 10.8.